The van der Waals surface area contributed by atoms with Crippen LogP contribution in [0.3, 0.4) is 0 Å². The molecule has 1 rings (SSSR count). The van der Waals surface area contributed by atoms with E-state index in [0.29, 0.717) is 17.0 Å². The first kappa shape index (κ1) is 16.5. The lowest BCUT2D eigenvalue weighted by molar-refractivity contribution is -0.0153. The second kappa shape index (κ2) is 10.3. The fraction of sp³-hybridized carbons (Fsp3) is 1.00. The molecule has 2 heteroatoms. The van der Waals surface area contributed by atoms with E-state index in [1.165, 1.54) is 70.6 Å². The zero-order valence-electron chi connectivity index (χ0n) is 12.3. The highest BCUT2D eigenvalue weighted by Gasteiger charge is 2.22. The largest absolute Gasteiger partial charge is 0.374 e. The molecular weight excluding hydrogens is 288 g/mol. The van der Waals surface area contributed by atoms with E-state index < -0.39 is 0 Å². The minimum atomic E-state index is 0.436. The fourth-order valence-corrected chi connectivity index (χ4v) is 3.50. The minimum absolute atomic E-state index is 0.436. The zero-order chi connectivity index (χ0) is 13.2. The molecule has 0 aromatic heterocycles. The third kappa shape index (κ3) is 7.13. The Morgan fingerprint density at radius 1 is 1.06 bits per heavy atom. The van der Waals surface area contributed by atoms with Crippen LogP contribution in [-0.2, 0) is 4.74 Å². The highest BCUT2D eigenvalue weighted by atomic mass is 79.9. The van der Waals surface area contributed by atoms with E-state index in [2.05, 4.69) is 29.8 Å². The van der Waals surface area contributed by atoms with Crippen molar-refractivity contribution >= 4 is 15.9 Å². The van der Waals surface area contributed by atoms with Crippen LogP contribution < -0.4 is 0 Å². The molecule has 0 radical (unpaired) electrons. The Balaban J connectivity index is 2.20. The van der Waals surface area contributed by atoms with Gasteiger partial charge in [0.05, 0.1) is 12.2 Å². The predicted molar refractivity (Wildman–Crippen MR) is 83.5 cm³/mol. The number of alkyl halides is 1. The summed E-state index contributed by atoms with van der Waals surface area (Å²) in [4.78, 5) is 0.580. The number of ether oxygens (including phenoxy) is 1. The molecule has 3 unspecified atom stereocenters. The lowest BCUT2D eigenvalue weighted by Gasteiger charge is -2.28. The van der Waals surface area contributed by atoms with E-state index in [4.69, 9.17) is 4.74 Å². The second-order valence-electron chi connectivity index (χ2n) is 5.84. The number of hydrogen-bond donors (Lipinski definition) is 0. The third-order valence-electron chi connectivity index (χ3n) is 3.99. The molecule has 0 aromatic rings. The Morgan fingerprint density at radius 2 is 1.78 bits per heavy atom. The monoisotopic (exact) mass is 318 g/mol. The summed E-state index contributed by atoms with van der Waals surface area (Å²) in [5.74, 6) is 0. The minimum Gasteiger partial charge on any atom is -0.374 e. The first-order valence-corrected chi connectivity index (χ1v) is 8.95. The molecule has 0 N–H and O–H groups in total. The van der Waals surface area contributed by atoms with Gasteiger partial charge in [-0.1, -0.05) is 74.2 Å². The average Bonchev–Trinajstić information content (AvgIpc) is 2.34. The molecule has 108 valence electrons. The Labute approximate surface area is 122 Å². The molecule has 1 saturated carbocycles. The number of halogens is 1. The molecule has 0 bridgehead atoms. The van der Waals surface area contributed by atoms with Gasteiger partial charge in [0.1, 0.15) is 0 Å². The standard InChI is InChI=1S/C16H31BrO/c1-3-4-5-8-11-14(2)18-16-13-10-7-6-9-12-15(16)17/h14-16H,3-13H2,1-2H3. The van der Waals surface area contributed by atoms with Gasteiger partial charge in [-0.3, -0.25) is 0 Å². The van der Waals surface area contributed by atoms with Crippen molar-refractivity contribution in [3.8, 4) is 0 Å². The van der Waals surface area contributed by atoms with E-state index in [9.17, 15) is 0 Å². The van der Waals surface area contributed by atoms with Crippen molar-refractivity contribution < 1.29 is 4.74 Å². The van der Waals surface area contributed by atoms with E-state index in [1.807, 2.05) is 0 Å². The molecule has 0 aliphatic heterocycles. The Bertz CT molecular complexity index is 196. The highest BCUT2D eigenvalue weighted by Crippen LogP contribution is 2.26. The Hall–Kier alpha value is 0.440. The summed E-state index contributed by atoms with van der Waals surface area (Å²) < 4.78 is 6.27. The smallest absolute Gasteiger partial charge is 0.0703 e. The molecule has 0 amide bonds. The molecule has 0 heterocycles. The van der Waals surface area contributed by atoms with Gasteiger partial charge < -0.3 is 4.74 Å². The fourth-order valence-electron chi connectivity index (χ4n) is 2.78. The van der Waals surface area contributed by atoms with E-state index >= 15 is 0 Å². The first-order valence-electron chi connectivity index (χ1n) is 8.03. The van der Waals surface area contributed by atoms with Gasteiger partial charge >= 0.3 is 0 Å². The number of unbranched alkanes of at least 4 members (excludes halogenated alkanes) is 3. The van der Waals surface area contributed by atoms with Crippen molar-refractivity contribution in [3.05, 3.63) is 0 Å². The summed E-state index contributed by atoms with van der Waals surface area (Å²) in [5.41, 5.74) is 0. The van der Waals surface area contributed by atoms with Crippen molar-refractivity contribution in [2.45, 2.75) is 102 Å². The molecule has 0 spiro atoms. The van der Waals surface area contributed by atoms with Crippen LogP contribution in [0.2, 0.25) is 0 Å². The topological polar surface area (TPSA) is 9.23 Å². The first-order chi connectivity index (χ1) is 8.74. The van der Waals surface area contributed by atoms with E-state index in [1.54, 1.807) is 0 Å². The van der Waals surface area contributed by atoms with Crippen molar-refractivity contribution in [1.82, 2.24) is 0 Å². The van der Waals surface area contributed by atoms with Gasteiger partial charge in [0.15, 0.2) is 0 Å². The van der Waals surface area contributed by atoms with Crippen molar-refractivity contribution in [2.75, 3.05) is 0 Å². The summed E-state index contributed by atoms with van der Waals surface area (Å²) in [6.07, 6.45) is 15.5. The van der Waals surface area contributed by atoms with E-state index in [0.717, 1.165) is 0 Å². The maximum atomic E-state index is 6.27. The molecule has 1 nitrogen and oxygen atoms in total. The van der Waals surface area contributed by atoms with E-state index in [-0.39, 0.29) is 0 Å². The normalized spacial score (nSPS) is 27.5. The molecule has 0 saturated heterocycles. The van der Waals surface area contributed by atoms with Crippen LogP contribution in [0, 0.1) is 0 Å². The van der Waals surface area contributed by atoms with Crippen LogP contribution >= 0.6 is 15.9 Å². The van der Waals surface area contributed by atoms with Gasteiger partial charge in [0.2, 0.25) is 0 Å². The average molecular weight is 319 g/mol. The lowest BCUT2D eigenvalue weighted by Crippen LogP contribution is -2.29. The lowest BCUT2D eigenvalue weighted by atomic mass is 9.98. The zero-order valence-corrected chi connectivity index (χ0v) is 13.9. The molecule has 1 fully saturated rings. The summed E-state index contributed by atoms with van der Waals surface area (Å²) in [6.45, 7) is 4.52. The van der Waals surface area contributed by atoms with Gasteiger partial charge in [0.25, 0.3) is 0 Å². The molecule has 1 aliphatic carbocycles. The van der Waals surface area contributed by atoms with Crippen LogP contribution in [0.15, 0.2) is 0 Å². The second-order valence-corrected chi connectivity index (χ2v) is 7.02. The predicted octanol–water partition coefficient (Wildman–Crippen LogP) is 5.85. The van der Waals surface area contributed by atoms with Crippen LogP contribution in [0.4, 0.5) is 0 Å². The van der Waals surface area contributed by atoms with Crippen LogP contribution in [0.5, 0.6) is 0 Å². The highest BCUT2D eigenvalue weighted by molar-refractivity contribution is 9.09. The maximum absolute atomic E-state index is 6.27. The van der Waals surface area contributed by atoms with Crippen molar-refractivity contribution in [2.24, 2.45) is 0 Å². The van der Waals surface area contributed by atoms with Crippen LogP contribution in [0.25, 0.3) is 0 Å². The maximum Gasteiger partial charge on any atom is 0.0703 e. The number of hydrogen-bond acceptors (Lipinski definition) is 1. The van der Waals surface area contributed by atoms with Crippen LogP contribution in [-0.4, -0.2) is 17.0 Å². The van der Waals surface area contributed by atoms with Gasteiger partial charge in [-0.15, -0.1) is 0 Å². The molecule has 0 aromatic carbocycles. The summed E-state index contributed by atoms with van der Waals surface area (Å²) in [7, 11) is 0. The van der Waals surface area contributed by atoms with Gasteiger partial charge in [0, 0.05) is 4.83 Å². The molecular formula is C16H31BrO. The molecule has 18 heavy (non-hydrogen) atoms. The van der Waals surface area contributed by atoms with Gasteiger partial charge in [-0.2, -0.15) is 0 Å². The Kier molecular flexibility index (Phi) is 9.40. The Morgan fingerprint density at radius 3 is 2.50 bits per heavy atom. The van der Waals surface area contributed by atoms with Crippen molar-refractivity contribution in [3.63, 3.8) is 0 Å². The summed E-state index contributed by atoms with van der Waals surface area (Å²) >= 11 is 3.84. The third-order valence-corrected chi connectivity index (χ3v) is 5.04. The summed E-state index contributed by atoms with van der Waals surface area (Å²) in [6, 6.07) is 0. The SMILES string of the molecule is CCCCCCC(C)OC1CCCCCCC1Br. The van der Waals surface area contributed by atoms with Gasteiger partial charge in [-0.25, -0.2) is 0 Å². The number of rotatable bonds is 7. The summed E-state index contributed by atoms with van der Waals surface area (Å²) in [5, 5.41) is 0. The molecule has 1 aliphatic rings. The van der Waals surface area contributed by atoms with Crippen LogP contribution in [0.1, 0.15) is 84.5 Å². The molecule has 3 atom stereocenters. The van der Waals surface area contributed by atoms with Gasteiger partial charge in [-0.05, 0) is 26.2 Å². The van der Waals surface area contributed by atoms with Crippen molar-refractivity contribution in [1.29, 1.82) is 0 Å². The quantitative estimate of drug-likeness (QED) is 0.422.